The molecule has 0 saturated carbocycles. The predicted molar refractivity (Wildman–Crippen MR) is 77.4 cm³/mol. The van der Waals surface area contributed by atoms with Crippen LogP contribution in [0.25, 0.3) is 5.65 Å². The van der Waals surface area contributed by atoms with Crippen LogP contribution in [0.15, 0.2) is 16.9 Å². The molecule has 1 unspecified atom stereocenters. The molecule has 0 fully saturated rings. The second kappa shape index (κ2) is 5.35. The SMILES string of the molecule is CCN(CC(C)C(N)=S)c1ccc2n[nH]c(=O)n2n1. The van der Waals surface area contributed by atoms with E-state index >= 15 is 0 Å². The molecule has 0 bridgehead atoms. The van der Waals surface area contributed by atoms with Crippen LogP contribution in [0.3, 0.4) is 0 Å². The highest BCUT2D eigenvalue weighted by molar-refractivity contribution is 7.80. The third-order valence-corrected chi connectivity index (χ3v) is 3.35. The molecule has 0 radical (unpaired) electrons. The number of nitrogens with one attached hydrogen (secondary N) is 1. The normalized spacial score (nSPS) is 12.5. The highest BCUT2D eigenvalue weighted by Crippen LogP contribution is 2.12. The lowest BCUT2D eigenvalue weighted by molar-refractivity contribution is 0.689. The topological polar surface area (TPSA) is 92.3 Å². The molecule has 3 N–H and O–H groups in total. The predicted octanol–water partition coefficient (Wildman–Crippen LogP) is 0.166. The van der Waals surface area contributed by atoms with Crippen LogP contribution in [0.1, 0.15) is 13.8 Å². The quantitative estimate of drug-likeness (QED) is 0.758. The van der Waals surface area contributed by atoms with Gasteiger partial charge in [-0.1, -0.05) is 19.1 Å². The van der Waals surface area contributed by atoms with Crippen LogP contribution in [-0.4, -0.2) is 37.9 Å². The third kappa shape index (κ3) is 2.73. The van der Waals surface area contributed by atoms with Crippen molar-refractivity contribution in [3.8, 4) is 0 Å². The van der Waals surface area contributed by atoms with Gasteiger partial charge in [-0.3, -0.25) is 0 Å². The van der Waals surface area contributed by atoms with Gasteiger partial charge in [0, 0.05) is 19.0 Å². The fourth-order valence-corrected chi connectivity index (χ4v) is 1.84. The first-order valence-electron chi connectivity index (χ1n) is 6.01. The van der Waals surface area contributed by atoms with Crippen LogP contribution in [-0.2, 0) is 0 Å². The van der Waals surface area contributed by atoms with Crippen molar-refractivity contribution in [3.63, 3.8) is 0 Å². The van der Waals surface area contributed by atoms with Crippen molar-refractivity contribution < 1.29 is 0 Å². The first-order valence-corrected chi connectivity index (χ1v) is 6.42. The lowest BCUT2D eigenvalue weighted by Crippen LogP contribution is -2.35. The summed E-state index contributed by atoms with van der Waals surface area (Å²) >= 11 is 4.98. The van der Waals surface area contributed by atoms with Crippen molar-refractivity contribution in [3.05, 3.63) is 22.6 Å². The molecular formula is C11H16N6OS. The number of fused-ring (bicyclic) bond motifs is 1. The van der Waals surface area contributed by atoms with Gasteiger partial charge in [0.05, 0.1) is 4.99 Å². The van der Waals surface area contributed by atoms with Crippen molar-refractivity contribution >= 4 is 28.7 Å². The van der Waals surface area contributed by atoms with Gasteiger partial charge >= 0.3 is 5.69 Å². The van der Waals surface area contributed by atoms with Crippen LogP contribution >= 0.6 is 12.2 Å². The van der Waals surface area contributed by atoms with Crippen LogP contribution < -0.4 is 16.3 Å². The molecule has 0 aromatic carbocycles. The summed E-state index contributed by atoms with van der Waals surface area (Å²) in [6, 6.07) is 3.57. The number of thiocarbonyl (C=S) groups is 1. The number of rotatable bonds is 5. The maximum Gasteiger partial charge on any atom is 0.364 e. The maximum atomic E-state index is 11.5. The Hall–Kier alpha value is -1.96. The number of anilines is 1. The Kier molecular flexibility index (Phi) is 3.79. The van der Waals surface area contributed by atoms with Gasteiger partial charge in [-0.15, -0.1) is 5.10 Å². The molecular weight excluding hydrogens is 264 g/mol. The number of hydrogen-bond donors (Lipinski definition) is 2. The molecule has 0 saturated heterocycles. The van der Waals surface area contributed by atoms with Gasteiger partial charge in [-0.25, -0.2) is 9.89 Å². The minimum Gasteiger partial charge on any atom is -0.393 e. The third-order valence-electron chi connectivity index (χ3n) is 2.95. The molecule has 102 valence electrons. The zero-order chi connectivity index (χ0) is 14.0. The van der Waals surface area contributed by atoms with Crippen molar-refractivity contribution in [2.75, 3.05) is 18.0 Å². The molecule has 19 heavy (non-hydrogen) atoms. The number of nitrogens with two attached hydrogens (primary N) is 1. The van der Waals surface area contributed by atoms with Crippen molar-refractivity contribution in [2.24, 2.45) is 11.7 Å². The summed E-state index contributed by atoms with van der Waals surface area (Å²) in [5.41, 5.74) is 5.77. The Balaban J connectivity index is 2.32. The number of aromatic nitrogens is 4. The number of H-pyrrole nitrogens is 1. The summed E-state index contributed by atoms with van der Waals surface area (Å²) in [7, 11) is 0. The average molecular weight is 280 g/mol. The fourth-order valence-electron chi connectivity index (χ4n) is 1.77. The number of nitrogens with zero attached hydrogens (tertiary/aromatic N) is 4. The molecule has 8 heteroatoms. The van der Waals surface area contributed by atoms with Gasteiger partial charge in [0.25, 0.3) is 0 Å². The van der Waals surface area contributed by atoms with E-state index in [0.717, 1.165) is 6.54 Å². The lowest BCUT2D eigenvalue weighted by atomic mass is 10.1. The van der Waals surface area contributed by atoms with Crippen LogP contribution in [0.2, 0.25) is 0 Å². The van der Waals surface area contributed by atoms with Gasteiger partial charge in [0.2, 0.25) is 0 Å². The highest BCUT2D eigenvalue weighted by Gasteiger charge is 2.14. The Morgan fingerprint density at radius 2 is 2.37 bits per heavy atom. The van der Waals surface area contributed by atoms with Gasteiger partial charge in [0.15, 0.2) is 5.65 Å². The molecule has 0 aliphatic rings. The van der Waals surface area contributed by atoms with Crippen LogP contribution in [0, 0.1) is 5.92 Å². The molecule has 2 heterocycles. The fraction of sp³-hybridized carbons (Fsp3) is 0.455. The summed E-state index contributed by atoms with van der Waals surface area (Å²) in [4.78, 5) is 14.0. The summed E-state index contributed by atoms with van der Waals surface area (Å²) in [6.07, 6.45) is 0. The van der Waals surface area contributed by atoms with Crippen LogP contribution in [0.5, 0.6) is 0 Å². The van der Waals surface area contributed by atoms with Gasteiger partial charge < -0.3 is 10.6 Å². The minimum atomic E-state index is -0.352. The largest absolute Gasteiger partial charge is 0.393 e. The van der Waals surface area contributed by atoms with Crippen molar-refractivity contribution in [1.82, 2.24) is 19.8 Å². The van der Waals surface area contributed by atoms with E-state index in [2.05, 4.69) is 15.3 Å². The van der Waals surface area contributed by atoms with Crippen molar-refractivity contribution in [2.45, 2.75) is 13.8 Å². The molecule has 0 aliphatic carbocycles. The van der Waals surface area contributed by atoms with Crippen LogP contribution in [0.4, 0.5) is 5.82 Å². The van der Waals surface area contributed by atoms with E-state index in [0.29, 0.717) is 23.0 Å². The average Bonchev–Trinajstić information content (AvgIpc) is 2.77. The van der Waals surface area contributed by atoms with E-state index < -0.39 is 0 Å². The van der Waals surface area contributed by atoms with Crippen molar-refractivity contribution in [1.29, 1.82) is 0 Å². The zero-order valence-corrected chi connectivity index (χ0v) is 11.6. The van der Waals surface area contributed by atoms with E-state index in [4.69, 9.17) is 18.0 Å². The first kappa shape index (κ1) is 13.5. The number of hydrogen-bond acceptors (Lipinski definition) is 5. The Labute approximate surface area is 115 Å². The highest BCUT2D eigenvalue weighted by atomic mass is 32.1. The van der Waals surface area contributed by atoms with E-state index in [9.17, 15) is 4.79 Å². The van der Waals surface area contributed by atoms with Gasteiger partial charge in [0.1, 0.15) is 5.82 Å². The Morgan fingerprint density at radius 3 is 3.00 bits per heavy atom. The summed E-state index contributed by atoms with van der Waals surface area (Å²) in [5, 5.41) is 10.5. The van der Waals surface area contributed by atoms with E-state index in [1.807, 2.05) is 24.8 Å². The van der Waals surface area contributed by atoms with E-state index in [-0.39, 0.29) is 11.6 Å². The van der Waals surface area contributed by atoms with Gasteiger partial charge in [-0.05, 0) is 19.1 Å². The molecule has 2 aromatic heterocycles. The molecule has 0 amide bonds. The standard InChI is InChI=1S/C11H16N6OS/c1-3-16(6-7(2)10(12)19)9-5-4-8-13-14-11(18)17(8)15-9/h4-5,7H,3,6H2,1-2H3,(H2,12,19)(H,14,18). The van der Waals surface area contributed by atoms with E-state index in [1.165, 1.54) is 4.52 Å². The summed E-state index contributed by atoms with van der Waals surface area (Å²) in [5.74, 6) is 0.773. The molecule has 2 aromatic rings. The molecule has 2 rings (SSSR count). The summed E-state index contributed by atoms with van der Waals surface area (Å²) in [6.45, 7) is 5.39. The molecule has 7 nitrogen and oxygen atoms in total. The smallest absolute Gasteiger partial charge is 0.364 e. The molecule has 0 spiro atoms. The lowest BCUT2D eigenvalue weighted by Gasteiger charge is -2.24. The minimum absolute atomic E-state index is 0.0773. The van der Waals surface area contributed by atoms with E-state index in [1.54, 1.807) is 6.07 Å². The molecule has 0 aliphatic heterocycles. The number of aromatic amines is 1. The monoisotopic (exact) mass is 280 g/mol. The van der Waals surface area contributed by atoms with Gasteiger partial charge in [-0.2, -0.15) is 9.61 Å². The molecule has 1 atom stereocenters. The second-order valence-electron chi connectivity index (χ2n) is 4.33. The summed E-state index contributed by atoms with van der Waals surface area (Å²) < 4.78 is 1.24. The Morgan fingerprint density at radius 1 is 1.63 bits per heavy atom. The maximum absolute atomic E-state index is 11.5. The zero-order valence-electron chi connectivity index (χ0n) is 10.8. The first-order chi connectivity index (χ1) is 9.02. The Bertz CT molecular complexity index is 648. The second-order valence-corrected chi connectivity index (χ2v) is 4.80.